The zero-order valence-corrected chi connectivity index (χ0v) is 13.4. The number of rotatable bonds is 6. The fourth-order valence-electron chi connectivity index (χ4n) is 2.53. The maximum Gasteiger partial charge on any atom is 0.283 e. The molecule has 0 atom stereocenters. The van der Waals surface area contributed by atoms with Crippen LogP contribution in [0.3, 0.4) is 0 Å². The van der Waals surface area contributed by atoms with Gasteiger partial charge in [0.25, 0.3) is 5.56 Å². The number of nitrogens with zero attached hydrogens (tertiary/aromatic N) is 2. The average Bonchev–Trinajstić information content (AvgIpc) is 2.87. The summed E-state index contributed by atoms with van der Waals surface area (Å²) >= 11 is 3.33. The van der Waals surface area contributed by atoms with E-state index in [9.17, 15) is 9.90 Å². The van der Waals surface area contributed by atoms with Gasteiger partial charge in [0.05, 0.1) is 17.5 Å². The van der Waals surface area contributed by atoms with Crippen molar-refractivity contribution in [3.63, 3.8) is 0 Å². The summed E-state index contributed by atoms with van der Waals surface area (Å²) in [6.07, 6.45) is 7.38. The van der Waals surface area contributed by atoms with Crippen LogP contribution in [0, 0.1) is 0 Å². The van der Waals surface area contributed by atoms with Crippen LogP contribution in [-0.2, 0) is 6.54 Å². The van der Waals surface area contributed by atoms with Crippen LogP contribution in [0.25, 0.3) is 0 Å². The highest BCUT2D eigenvalue weighted by Crippen LogP contribution is 2.30. The second-order valence-electron chi connectivity index (χ2n) is 5.54. The smallest absolute Gasteiger partial charge is 0.283 e. The molecule has 6 heteroatoms. The first-order chi connectivity index (χ1) is 9.56. The molecule has 1 aliphatic rings. The van der Waals surface area contributed by atoms with Gasteiger partial charge in [-0.2, -0.15) is 5.10 Å². The molecule has 20 heavy (non-hydrogen) atoms. The molecule has 2 rings (SSSR count). The SMILES string of the molecule is CCCCn1ncc(NCC2(O)CCCC2)c(Br)c1=O. The van der Waals surface area contributed by atoms with Crippen molar-refractivity contribution in [2.45, 2.75) is 57.6 Å². The van der Waals surface area contributed by atoms with E-state index in [1.54, 1.807) is 6.20 Å². The molecule has 1 aliphatic carbocycles. The number of aliphatic hydroxyl groups is 1. The lowest BCUT2D eigenvalue weighted by molar-refractivity contribution is 0.0614. The van der Waals surface area contributed by atoms with E-state index in [1.807, 2.05) is 0 Å². The Balaban J connectivity index is 2.05. The van der Waals surface area contributed by atoms with E-state index in [4.69, 9.17) is 0 Å². The number of nitrogens with one attached hydrogen (secondary N) is 1. The first kappa shape index (κ1) is 15.5. The summed E-state index contributed by atoms with van der Waals surface area (Å²) < 4.78 is 1.97. The summed E-state index contributed by atoms with van der Waals surface area (Å²) in [5.41, 5.74) is -0.110. The zero-order valence-electron chi connectivity index (χ0n) is 11.9. The fraction of sp³-hybridized carbons (Fsp3) is 0.714. The van der Waals surface area contributed by atoms with Crippen LogP contribution in [0.2, 0.25) is 0 Å². The molecule has 0 aliphatic heterocycles. The predicted octanol–water partition coefficient (Wildman–Crippen LogP) is 2.52. The summed E-state index contributed by atoms with van der Waals surface area (Å²) in [5, 5.41) is 17.6. The number of hydrogen-bond donors (Lipinski definition) is 2. The van der Waals surface area contributed by atoms with Crippen LogP contribution in [0.15, 0.2) is 15.5 Å². The van der Waals surface area contributed by atoms with Crippen LogP contribution in [0.1, 0.15) is 45.4 Å². The highest BCUT2D eigenvalue weighted by atomic mass is 79.9. The summed E-state index contributed by atoms with van der Waals surface area (Å²) in [4.78, 5) is 12.1. The molecule has 0 unspecified atom stereocenters. The molecule has 1 heterocycles. The van der Waals surface area contributed by atoms with E-state index >= 15 is 0 Å². The monoisotopic (exact) mass is 343 g/mol. The minimum Gasteiger partial charge on any atom is -0.388 e. The van der Waals surface area contributed by atoms with Crippen LogP contribution in [-0.4, -0.2) is 27.0 Å². The molecule has 112 valence electrons. The molecule has 1 saturated carbocycles. The number of anilines is 1. The number of hydrogen-bond acceptors (Lipinski definition) is 4. The number of halogens is 1. The van der Waals surface area contributed by atoms with Crippen molar-refractivity contribution in [3.05, 3.63) is 21.0 Å². The average molecular weight is 344 g/mol. The Morgan fingerprint density at radius 3 is 2.85 bits per heavy atom. The predicted molar refractivity (Wildman–Crippen MR) is 83.0 cm³/mol. The van der Waals surface area contributed by atoms with E-state index in [2.05, 4.69) is 33.3 Å². The first-order valence-corrected chi connectivity index (χ1v) is 8.07. The standard InChI is InChI=1S/C14H22BrN3O2/c1-2-3-8-18-13(19)12(15)11(9-17-18)16-10-14(20)6-4-5-7-14/h9,16,20H,2-8,10H2,1H3. The molecule has 0 aromatic carbocycles. The Morgan fingerprint density at radius 2 is 2.20 bits per heavy atom. The third-order valence-electron chi connectivity index (χ3n) is 3.85. The van der Waals surface area contributed by atoms with E-state index in [0.29, 0.717) is 23.2 Å². The lowest BCUT2D eigenvalue weighted by Gasteiger charge is -2.23. The van der Waals surface area contributed by atoms with Gasteiger partial charge in [0, 0.05) is 13.1 Å². The van der Waals surface area contributed by atoms with Gasteiger partial charge < -0.3 is 10.4 Å². The van der Waals surface area contributed by atoms with Gasteiger partial charge in [-0.3, -0.25) is 4.79 Å². The summed E-state index contributed by atoms with van der Waals surface area (Å²) in [5.74, 6) is 0. The number of unbranched alkanes of at least 4 members (excludes halogenated alkanes) is 1. The molecular formula is C14H22BrN3O2. The quantitative estimate of drug-likeness (QED) is 0.832. The fourth-order valence-corrected chi connectivity index (χ4v) is 2.97. The van der Waals surface area contributed by atoms with Crippen molar-refractivity contribution in [1.29, 1.82) is 0 Å². The molecule has 5 nitrogen and oxygen atoms in total. The maximum absolute atomic E-state index is 12.1. The van der Waals surface area contributed by atoms with Gasteiger partial charge >= 0.3 is 0 Å². The van der Waals surface area contributed by atoms with Gasteiger partial charge in [-0.05, 0) is 35.2 Å². The van der Waals surface area contributed by atoms with Gasteiger partial charge in [-0.15, -0.1) is 0 Å². The van der Waals surface area contributed by atoms with Gasteiger partial charge in [0.2, 0.25) is 0 Å². The normalized spacial score (nSPS) is 17.4. The number of aromatic nitrogens is 2. The van der Waals surface area contributed by atoms with Gasteiger partial charge in [0.15, 0.2) is 0 Å². The molecule has 0 amide bonds. The van der Waals surface area contributed by atoms with Crippen molar-refractivity contribution in [2.24, 2.45) is 0 Å². The van der Waals surface area contributed by atoms with E-state index in [0.717, 1.165) is 38.5 Å². The van der Waals surface area contributed by atoms with E-state index in [-0.39, 0.29) is 5.56 Å². The van der Waals surface area contributed by atoms with Gasteiger partial charge in [0.1, 0.15) is 4.47 Å². The van der Waals surface area contributed by atoms with Gasteiger partial charge in [-0.1, -0.05) is 26.2 Å². The molecule has 0 spiro atoms. The minimum atomic E-state index is -0.642. The zero-order chi connectivity index (χ0) is 14.6. The Kier molecular flexibility index (Phi) is 5.21. The van der Waals surface area contributed by atoms with Crippen LogP contribution < -0.4 is 10.9 Å². The molecule has 2 N–H and O–H groups in total. The maximum atomic E-state index is 12.1. The summed E-state index contributed by atoms with van der Waals surface area (Å²) in [6, 6.07) is 0. The summed E-state index contributed by atoms with van der Waals surface area (Å²) in [7, 11) is 0. The largest absolute Gasteiger partial charge is 0.388 e. The molecule has 1 aromatic heterocycles. The highest BCUT2D eigenvalue weighted by molar-refractivity contribution is 9.10. The molecule has 0 bridgehead atoms. The molecule has 0 saturated heterocycles. The third kappa shape index (κ3) is 3.61. The van der Waals surface area contributed by atoms with Gasteiger partial charge in [-0.25, -0.2) is 4.68 Å². The van der Waals surface area contributed by atoms with E-state index in [1.165, 1.54) is 4.68 Å². The van der Waals surface area contributed by atoms with Crippen LogP contribution >= 0.6 is 15.9 Å². The molecule has 1 aromatic rings. The second-order valence-corrected chi connectivity index (χ2v) is 6.33. The van der Waals surface area contributed by atoms with Crippen molar-refractivity contribution < 1.29 is 5.11 Å². The Labute approximate surface area is 127 Å². The lowest BCUT2D eigenvalue weighted by Crippen LogP contribution is -2.34. The van der Waals surface area contributed by atoms with E-state index < -0.39 is 5.60 Å². The van der Waals surface area contributed by atoms with Crippen molar-refractivity contribution >= 4 is 21.6 Å². The lowest BCUT2D eigenvalue weighted by atomic mass is 10.0. The molecular weight excluding hydrogens is 322 g/mol. The van der Waals surface area contributed by atoms with Crippen LogP contribution in [0.5, 0.6) is 0 Å². The molecule has 0 radical (unpaired) electrons. The Bertz CT molecular complexity index is 510. The summed E-state index contributed by atoms with van der Waals surface area (Å²) in [6.45, 7) is 3.18. The highest BCUT2D eigenvalue weighted by Gasteiger charge is 2.30. The minimum absolute atomic E-state index is 0.123. The second kappa shape index (κ2) is 6.72. The Morgan fingerprint density at radius 1 is 1.50 bits per heavy atom. The van der Waals surface area contributed by atoms with Crippen molar-refractivity contribution in [1.82, 2.24) is 9.78 Å². The van der Waals surface area contributed by atoms with Crippen LogP contribution in [0.4, 0.5) is 5.69 Å². The number of aryl methyl sites for hydroxylation is 1. The third-order valence-corrected chi connectivity index (χ3v) is 4.62. The van der Waals surface area contributed by atoms with Crippen molar-refractivity contribution in [3.8, 4) is 0 Å². The Hall–Kier alpha value is -0.880. The first-order valence-electron chi connectivity index (χ1n) is 7.27. The van der Waals surface area contributed by atoms with Crippen molar-refractivity contribution in [2.75, 3.05) is 11.9 Å². The topological polar surface area (TPSA) is 67.2 Å². The molecule has 1 fully saturated rings.